The monoisotopic (exact) mass is 528 g/mol. The van der Waals surface area contributed by atoms with Crippen molar-refractivity contribution in [3.8, 4) is 22.8 Å². The molecule has 0 atom stereocenters. The summed E-state index contributed by atoms with van der Waals surface area (Å²) in [6, 6.07) is 30.8. The van der Waals surface area contributed by atoms with Gasteiger partial charge in [-0.2, -0.15) is 0 Å². The van der Waals surface area contributed by atoms with Crippen LogP contribution in [0.2, 0.25) is 0 Å². The molecule has 6 heterocycles. The SMILES string of the molecule is c1ccc(-c2ccc3c4ccc(Oc5ccc6c7cccnc7n7ccnc7c6c5)cc4c4nccn4c3n2)cc1. The minimum Gasteiger partial charge on any atom is -0.457 e. The van der Waals surface area contributed by atoms with Gasteiger partial charge in [0.2, 0.25) is 0 Å². The molecule has 9 aromatic rings. The molecule has 3 aromatic carbocycles. The van der Waals surface area contributed by atoms with Crippen molar-refractivity contribution in [1.82, 2.24) is 28.7 Å². The highest BCUT2D eigenvalue weighted by Gasteiger charge is 2.15. The number of aromatic nitrogens is 6. The van der Waals surface area contributed by atoms with Crippen LogP contribution in [0.15, 0.2) is 122 Å². The molecule has 0 aliphatic rings. The molecule has 0 saturated carbocycles. The zero-order chi connectivity index (χ0) is 26.9. The first kappa shape index (κ1) is 22.0. The van der Waals surface area contributed by atoms with Crippen LogP contribution < -0.4 is 4.74 Å². The Morgan fingerprint density at radius 2 is 1.05 bits per heavy atom. The van der Waals surface area contributed by atoms with E-state index in [0.29, 0.717) is 0 Å². The highest BCUT2D eigenvalue weighted by molar-refractivity contribution is 6.12. The minimum atomic E-state index is 0.733. The van der Waals surface area contributed by atoms with Gasteiger partial charge in [0, 0.05) is 58.1 Å². The van der Waals surface area contributed by atoms with Crippen LogP contribution in [0, 0.1) is 0 Å². The van der Waals surface area contributed by atoms with Gasteiger partial charge >= 0.3 is 0 Å². The number of hydrogen-bond donors (Lipinski definition) is 0. The predicted molar refractivity (Wildman–Crippen MR) is 162 cm³/mol. The third-order valence-electron chi connectivity index (χ3n) is 7.75. The van der Waals surface area contributed by atoms with Gasteiger partial charge in [0.15, 0.2) is 0 Å². The first-order chi connectivity index (χ1) is 20.3. The smallest absolute Gasteiger partial charge is 0.146 e. The first-order valence-electron chi connectivity index (χ1n) is 13.4. The number of pyridine rings is 4. The Labute approximate surface area is 233 Å². The molecule has 0 amide bonds. The lowest BCUT2D eigenvalue weighted by molar-refractivity contribution is 0.484. The Hall–Kier alpha value is -5.82. The van der Waals surface area contributed by atoms with Gasteiger partial charge in [-0.05, 0) is 71.4 Å². The number of rotatable bonds is 3. The molecule has 9 rings (SSSR count). The van der Waals surface area contributed by atoms with Crippen LogP contribution in [0.4, 0.5) is 0 Å². The standard InChI is InChI=1S/C34H20N6O/c1-2-5-21(6-3-1)30-13-12-27-25-11-9-23(20-29(25)33-37-16-18-40(33)34(27)38-30)41-22-8-10-24-26-7-4-14-35-31(26)39-17-15-36-32(39)28(24)19-22/h1-20H. The van der Waals surface area contributed by atoms with E-state index in [4.69, 9.17) is 14.7 Å². The first-order valence-corrected chi connectivity index (χ1v) is 13.4. The van der Waals surface area contributed by atoms with E-state index >= 15 is 0 Å². The summed E-state index contributed by atoms with van der Waals surface area (Å²) in [6.07, 6.45) is 9.33. The van der Waals surface area contributed by atoms with Gasteiger partial charge in [-0.3, -0.25) is 8.80 Å². The van der Waals surface area contributed by atoms with Crippen LogP contribution in [0.1, 0.15) is 0 Å². The average molecular weight is 529 g/mol. The molecular weight excluding hydrogens is 508 g/mol. The lowest BCUT2D eigenvalue weighted by atomic mass is 10.1. The molecule has 192 valence electrons. The summed E-state index contributed by atoms with van der Waals surface area (Å²) in [5, 5.41) is 6.31. The molecule has 0 aliphatic heterocycles. The summed E-state index contributed by atoms with van der Waals surface area (Å²) in [4.78, 5) is 18.9. The third kappa shape index (κ3) is 3.26. The molecular formula is C34H20N6O. The third-order valence-corrected chi connectivity index (χ3v) is 7.75. The summed E-state index contributed by atoms with van der Waals surface area (Å²) in [6.45, 7) is 0. The van der Waals surface area contributed by atoms with Gasteiger partial charge in [0.1, 0.15) is 34.1 Å². The number of benzene rings is 3. The highest BCUT2D eigenvalue weighted by atomic mass is 16.5. The van der Waals surface area contributed by atoms with E-state index in [1.54, 1.807) is 6.20 Å². The molecule has 41 heavy (non-hydrogen) atoms. The van der Waals surface area contributed by atoms with Gasteiger partial charge in [-0.1, -0.05) is 30.3 Å². The predicted octanol–water partition coefficient (Wildman–Crippen LogP) is 7.84. The number of imidazole rings is 2. The molecule has 0 fully saturated rings. The largest absolute Gasteiger partial charge is 0.457 e. The van der Waals surface area contributed by atoms with E-state index in [9.17, 15) is 0 Å². The molecule has 0 spiro atoms. The Bertz CT molecular complexity index is 2460. The fraction of sp³-hybridized carbons (Fsp3) is 0. The van der Waals surface area contributed by atoms with E-state index < -0.39 is 0 Å². The molecule has 0 aliphatic carbocycles. The lowest BCUT2D eigenvalue weighted by Crippen LogP contribution is -1.96. The van der Waals surface area contributed by atoms with E-state index in [1.165, 1.54) is 0 Å². The van der Waals surface area contributed by atoms with Crippen LogP contribution in [0.3, 0.4) is 0 Å². The van der Waals surface area contributed by atoms with Crippen molar-refractivity contribution < 1.29 is 4.74 Å². The molecule has 0 bridgehead atoms. The van der Waals surface area contributed by atoms with Crippen molar-refractivity contribution in [2.75, 3.05) is 0 Å². The summed E-state index contributed by atoms with van der Waals surface area (Å²) in [5.74, 6) is 1.47. The molecule has 0 radical (unpaired) electrons. The van der Waals surface area contributed by atoms with Gasteiger partial charge in [0.05, 0.1) is 5.69 Å². The van der Waals surface area contributed by atoms with E-state index in [-0.39, 0.29) is 0 Å². The van der Waals surface area contributed by atoms with Crippen molar-refractivity contribution in [3.05, 3.63) is 122 Å². The van der Waals surface area contributed by atoms with Crippen molar-refractivity contribution in [1.29, 1.82) is 0 Å². The zero-order valence-electron chi connectivity index (χ0n) is 21.6. The lowest BCUT2D eigenvalue weighted by Gasteiger charge is -2.12. The molecule has 0 unspecified atom stereocenters. The van der Waals surface area contributed by atoms with Gasteiger partial charge in [-0.25, -0.2) is 19.9 Å². The molecule has 6 aromatic heterocycles. The van der Waals surface area contributed by atoms with E-state index in [2.05, 4.69) is 69.0 Å². The van der Waals surface area contributed by atoms with Crippen LogP contribution in [0.5, 0.6) is 11.5 Å². The van der Waals surface area contributed by atoms with Crippen LogP contribution >= 0.6 is 0 Å². The topological polar surface area (TPSA) is 69.6 Å². The minimum absolute atomic E-state index is 0.733. The van der Waals surface area contributed by atoms with Crippen molar-refractivity contribution in [2.45, 2.75) is 0 Å². The summed E-state index contributed by atoms with van der Waals surface area (Å²) in [5.41, 5.74) is 5.46. The summed E-state index contributed by atoms with van der Waals surface area (Å²) in [7, 11) is 0. The maximum absolute atomic E-state index is 6.44. The number of fused-ring (bicyclic) bond motifs is 12. The maximum Gasteiger partial charge on any atom is 0.146 e. The average Bonchev–Trinajstić information content (AvgIpc) is 3.73. The van der Waals surface area contributed by atoms with Crippen molar-refractivity contribution >= 4 is 54.9 Å². The van der Waals surface area contributed by atoms with Gasteiger partial charge < -0.3 is 4.74 Å². The Kier molecular flexibility index (Phi) is 4.48. The Morgan fingerprint density at radius 3 is 1.76 bits per heavy atom. The summed E-state index contributed by atoms with van der Waals surface area (Å²) < 4.78 is 10.5. The van der Waals surface area contributed by atoms with Crippen LogP contribution in [-0.2, 0) is 0 Å². The number of nitrogens with zero attached hydrogens (tertiary/aromatic N) is 6. The van der Waals surface area contributed by atoms with E-state index in [0.717, 1.165) is 77.7 Å². The molecule has 7 nitrogen and oxygen atoms in total. The van der Waals surface area contributed by atoms with Crippen molar-refractivity contribution in [2.24, 2.45) is 0 Å². The molecule has 0 N–H and O–H groups in total. The van der Waals surface area contributed by atoms with Gasteiger partial charge in [0.25, 0.3) is 0 Å². The number of hydrogen-bond acceptors (Lipinski definition) is 5. The van der Waals surface area contributed by atoms with Gasteiger partial charge in [-0.15, -0.1) is 0 Å². The van der Waals surface area contributed by atoms with Crippen LogP contribution in [-0.4, -0.2) is 28.7 Å². The van der Waals surface area contributed by atoms with E-state index in [1.807, 2.05) is 65.6 Å². The quantitative estimate of drug-likeness (QED) is 0.219. The van der Waals surface area contributed by atoms with Crippen molar-refractivity contribution in [3.63, 3.8) is 0 Å². The summed E-state index contributed by atoms with van der Waals surface area (Å²) >= 11 is 0. The second kappa shape index (κ2) is 8.34. The highest BCUT2D eigenvalue weighted by Crippen LogP contribution is 2.36. The molecule has 7 heteroatoms. The zero-order valence-corrected chi connectivity index (χ0v) is 21.6. The van der Waals surface area contributed by atoms with Crippen LogP contribution in [0.25, 0.3) is 66.2 Å². The normalized spacial score (nSPS) is 11.9. The second-order valence-corrected chi connectivity index (χ2v) is 10.1. The Balaban J connectivity index is 1.18. The number of ether oxygens (including phenoxy) is 1. The second-order valence-electron chi connectivity index (χ2n) is 10.1. The fourth-order valence-electron chi connectivity index (χ4n) is 5.91. The fourth-order valence-corrected chi connectivity index (χ4v) is 5.91. The molecule has 0 saturated heterocycles. The Morgan fingerprint density at radius 1 is 0.463 bits per heavy atom. The maximum atomic E-state index is 6.44.